The standard InChI is InChI=1S/C22H22ClNO5/c1-2-3-21(26)24-18-7-4-14(5-8-18)19(25)13-29-22(27)16-10-15-11-17(23)6-9-20(15)28-12-16/h4-9,11,16H,2-3,10,12-13H2,1H3,(H,24,26)/t16-/m1/s1. The van der Waals surface area contributed by atoms with E-state index in [9.17, 15) is 14.4 Å². The Morgan fingerprint density at radius 3 is 2.66 bits per heavy atom. The topological polar surface area (TPSA) is 81.7 Å². The number of benzene rings is 2. The number of anilines is 1. The summed E-state index contributed by atoms with van der Waals surface area (Å²) in [5.41, 5.74) is 1.87. The van der Waals surface area contributed by atoms with Crippen molar-refractivity contribution in [3.63, 3.8) is 0 Å². The molecule has 1 amide bonds. The number of amides is 1. The normalized spacial score (nSPS) is 15.0. The third-order valence-electron chi connectivity index (χ3n) is 4.58. The fourth-order valence-corrected chi connectivity index (χ4v) is 3.24. The lowest BCUT2D eigenvalue weighted by molar-refractivity contribution is -0.148. The highest BCUT2D eigenvalue weighted by atomic mass is 35.5. The van der Waals surface area contributed by atoms with E-state index in [0.717, 1.165) is 12.0 Å². The van der Waals surface area contributed by atoms with Crippen molar-refractivity contribution in [2.45, 2.75) is 26.2 Å². The number of nitrogens with one attached hydrogen (secondary N) is 1. The van der Waals surface area contributed by atoms with Crippen LogP contribution < -0.4 is 10.1 Å². The van der Waals surface area contributed by atoms with Gasteiger partial charge in [-0.15, -0.1) is 0 Å². The summed E-state index contributed by atoms with van der Waals surface area (Å²) in [6.45, 7) is 1.78. The first-order chi connectivity index (χ1) is 14.0. The minimum Gasteiger partial charge on any atom is -0.492 e. The number of esters is 1. The minimum atomic E-state index is -0.482. The Balaban J connectivity index is 1.51. The van der Waals surface area contributed by atoms with Gasteiger partial charge in [-0.3, -0.25) is 14.4 Å². The Bertz CT molecular complexity index is 910. The summed E-state index contributed by atoms with van der Waals surface area (Å²) >= 11 is 5.99. The zero-order valence-electron chi connectivity index (χ0n) is 16.1. The van der Waals surface area contributed by atoms with Gasteiger partial charge < -0.3 is 14.8 Å². The molecule has 1 N–H and O–H groups in total. The predicted molar refractivity (Wildman–Crippen MR) is 109 cm³/mol. The van der Waals surface area contributed by atoms with Gasteiger partial charge >= 0.3 is 5.97 Å². The minimum absolute atomic E-state index is 0.0712. The zero-order valence-corrected chi connectivity index (χ0v) is 16.8. The number of hydrogen-bond acceptors (Lipinski definition) is 5. The van der Waals surface area contributed by atoms with Crippen molar-refractivity contribution in [1.29, 1.82) is 0 Å². The van der Waals surface area contributed by atoms with Gasteiger partial charge in [-0.25, -0.2) is 0 Å². The van der Waals surface area contributed by atoms with Crippen LogP contribution in [0.15, 0.2) is 42.5 Å². The van der Waals surface area contributed by atoms with E-state index in [0.29, 0.717) is 34.9 Å². The second-order valence-electron chi connectivity index (χ2n) is 6.87. The first-order valence-electron chi connectivity index (χ1n) is 9.47. The highest BCUT2D eigenvalue weighted by molar-refractivity contribution is 6.30. The summed E-state index contributed by atoms with van der Waals surface area (Å²) in [7, 11) is 0. The second-order valence-corrected chi connectivity index (χ2v) is 7.31. The molecule has 0 bridgehead atoms. The molecule has 0 spiro atoms. The fraction of sp³-hybridized carbons (Fsp3) is 0.318. The second kappa shape index (κ2) is 9.56. The van der Waals surface area contributed by atoms with E-state index in [1.54, 1.807) is 42.5 Å². The Kier molecular flexibility index (Phi) is 6.88. The van der Waals surface area contributed by atoms with Gasteiger partial charge in [-0.2, -0.15) is 0 Å². The Morgan fingerprint density at radius 2 is 1.93 bits per heavy atom. The van der Waals surface area contributed by atoms with Crippen LogP contribution in [0.2, 0.25) is 5.02 Å². The third kappa shape index (κ3) is 5.57. The van der Waals surface area contributed by atoms with E-state index in [4.69, 9.17) is 21.1 Å². The van der Waals surface area contributed by atoms with E-state index in [-0.39, 0.29) is 24.9 Å². The Hall–Kier alpha value is -2.86. The number of ether oxygens (including phenoxy) is 2. The summed E-state index contributed by atoms with van der Waals surface area (Å²) in [5, 5.41) is 3.33. The number of carbonyl (C=O) groups is 3. The number of halogens is 1. The van der Waals surface area contributed by atoms with E-state index in [2.05, 4.69) is 5.32 Å². The van der Waals surface area contributed by atoms with E-state index in [1.807, 2.05) is 6.92 Å². The van der Waals surface area contributed by atoms with Crippen LogP contribution in [-0.4, -0.2) is 30.9 Å². The number of carbonyl (C=O) groups excluding carboxylic acids is 3. The van der Waals surface area contributed by atoms with Gasteiger partial charge in [0.05, 0.1) is 5.92 Å². The van der Waals surface area contributed by atoms with Crippen molar-refractivity contribution < 1.29 is 23.9 Å². The van der Waals surface area contributed by atoms with E-state index in [1.165, 1.54) is 0 Å². The zero-order chi connectivity index (χ0) is 20.8. The van der Waals surface area contributed by atoms with Gasteiger partial charge in [-0.1, -0.05) is 18.5 Å². The van der Waals surface area contributed by atoms with E-state index >= 15 is 0 Å². The molecule has 1 heterocycles. The molecule has 1 aliphatic heterocycles. The molecule has 6 nitrogen and oxygen atoms in total. The molecule has 2 aromatic rings. The van der Waals surface area contributed by atoms with Crippen LogP contribution in [0.4, 0.5) is 5.69 Å². The maximum Gasteiger partial charge on any atom is 0.313 e. The Morgan fingerprint density at radius 1 is 1.17 bits per heavy atom. The number of rotatable bonds is 7. The smallest absolute Gasteiger partial charge is 0.313 e. The summed E-state index contributed by atoms with van der Waals surface area (Å²) < 4.78 is 10.8. The average Bonchev–Trinajstić information content (AvgIpc) is 2.71. The molecule has 0 saturated heterocycles. The first kappa shape index (κ1) is 20.9. The molecule has 2 aromatic carbocycles. The number of Topliss-reactive ketones (excluding diaryl/α,β-unsaturated/α-hetero) is 1. The molecular weight excluding hydrogens is 394 g/mol. The number of ketones is 1. The molecule has 0 radical (unpaired) electrons. The molecule has 0 unspecified atom stereocenters. The number of fused-ring (bicyclic) bond motifs is 1. The lowest BCUT2D eigenvalue weighted by atomic mass is 9.97. The van der Waals surface area contributed by atoms with Gasteiger partial charge in [0.15, 0.2) is 12.4 Å². The van der Waals surface area contributed by atoms with Gasteiger partial charge in [0.25, 0.3) is 0 Å². The van der Waals surface area contributed by atoms with Crippen molar-refractivity contribution in [2.75, 3.05) is 18.5 Å². The monoisotopic (exact) mass is 415 g/mol. The lowest BCUT2D eigenvalue weighted by Crippen LogP contribution is -2.31. The SMILES string of the molecule is CCCC(=O)Nc1ccc(C(=O)COC(=O)[C@H]2COc3ccc(Cl)cc3C2)cc1. The van der Waals surface area contributed by atoms with Crippen molar-refractivity contribution in [2.24, 2.45) is 5.92 Å². The van der Waals surface area contributed by atoms with Gasteiger partial charge in [0.2, 0.25) is 5.91 Å². The van der Waals surface area contributed by atoms with Gasteiger partial charge in [0.1, 0.15) is 12.4 Å². The summed E-state index contributed by atoms with van der Waals surface area (Å²) in [4.78, 5) is 36.2. The predicted octanol–water partition coefficient (Wildman–Crippen LogP) is 4.06. The summed E-state index contributed by atoms with van der Waals surface area (Å²) in [6, 6.07) is 11.8. The largest absolute Gasteiger partial charge is 0.492 e. The van der Waals surface area contributed by atoms with Crippen molar-refractivity contribution in [3.05, 3.63) is 58.6 Å². The fourth-order valence-electron chi connectivity index (χ4n) is 3.04. The molecule has 1 aliphatic rings. The molecule has 0 aromatic heterocycles. The summed E-state index contributed by atoms with van der Waals surface area (Å²) in [5.74, 6) is -0.638. The van der Waals surface area contributed by atoms with Crippen LogP contribution in [0, 0.1) is 5.92 Å². The van der Waals surface area contributed by atoms with Crippen LogP contribution in [0.3, 0.4) is 0 Å². The quantitative estimate of drug-likeness (QED) is 0.544. The lowest BCUT2D eigenvalue weighted by Gasteiger charge is -2.24. The van der Waals surface area contributed by atoms with Crippen molar-refractivity contribution in [3.8, 4) is 5.75 Å². The van der Waals surface area contributed by atoms with Crippen LogP contribution >= 0.6 is 11.6 Å². The maximum absolute atomic E-state index is 12.3. The van der Waals surface area contributed by atoms with Gasteiger partial charge in [-0.05, 0) is 60.9 Å². The van der Waals surface area contributed by atoms with Gasteiger partial charge in [0, 0.05) is 22.7 Å². The van der Waals surface area contributed by atoms with Crippen molar-refractivity contribution in [1.82, 2.24) is 0 Å². The molecule has 0 saturated carbocycles. The molecule has 1 atom stereocenters. The molecule has 0 aliphatic carbocycles. The van der Waals surface area contributed by atoms with Crippen LogP contribution in [0.25, 0.3) is 0 Å². The maximum atomic E-state index is 12.3. The molecule has 3 rings (SSSR count). The highest BCUT2D eigenvalue weighted by Gasteiger charge is 2.28. The van der Waals surface area contributed by atoms with Crippen LogP contribution in [-0.2, 0) is 20.7 Å². The molecule has 29 heavy (non-hydrogen) atoms. The van der Waals surface area contributed by atoms with Crippen LogP contribution in [0.1, 0.15) is 35.7 Å². The number of hydrogen-bond donors (Lipinski definition) is 1. The first-order valence-corrected chi connectivity index (χ1v) is 9.85. The molecule has 152 valence electrons. The van der Waals surface area contributed by atoms with Crippen molar-refractivity contribution >= 4 is 34.9 Å². The molecular formula is C22H22ClNO5. The summed E-state index contributed by atoms with van der Waals surface area (Å²) in [6.07, 6.45) is 1.66. The Labute approximate surface area is 174 Å². The highest BCUT2D eigenvalue weighted by Crippen LogP contribution is 2.30. The van der Waals surface area contributed by atoms with E-state index < -0.39 is 11.9 Å². The molecule has 0 fully saturated rings. The average molecular weight is 416 g/mol. The molecule has 7 heteroatoms. The van der Waals surface area contributed by atoms with Crippen LogP contribution in [0.5, 0.6) is 5.75 Å². The third-order valence-corrected chi connectivity index (χ3v) is 4.81.